The summed E-state index contributed by atoms with van der Waals surface area (Å²) < 4.78 is 0.923. The molecule has 1 aromatic rings. The molecule has 4 nitrogen and oxygen atoms in total. The number of amides is 1. The molecule has 0 aromatic heterocycles. The minimum absolute atomic E-state index is 0.0399. The number of nitrogens with two attached hydrogens (primary N) is 1. The SMILES string of the molecule is CCNC(=O)C(C)Nc1cc(Br)ccc1N. The van der Waals surface area contributed by atoms with Gasteiger partial charge in [-0.05, 0) is 32.0 Å². The molecule has 16 heavy (non-hydrogen) atoms. The monoisotopic (exact) mass is 285 g/mol. The number of hydrogen-bond acceptors (Lipinski definition) is 3. The van der Waals surface area contributed by atoms with Gasteiger partial charge in [-0.1, -0.05) is 15.9 Å². The Labute approximate surface area is 104 Å². The van der Waals surface area contributed by atoms with Crippen LogP contribution in [0.1, 0.15) is 13.8 Å². The average Bonchev–Trinajstić information content (AvgIpc) is 2.23. The van der Waals surface area contributed by atoms with E-state index in [0.29, 0.717) is 12.2 Å². The number of likely N-dealkylation sites (N-methyl/N-ethyl adjacent to an activating group) is 1. The van der Waals surface area contributed by atoms with Crippen LogP contribution in [-0.2, 0) is 4.79 Å². The van der Waals surface area contributed by atoms with Gasteiger partial charge in [0.05, 0.1) is 11.4 Å². The van der Waals surface area contributed by atoms with E-state index in [0.717, 1.165) is 10.2 Å². The maximum absolute atomic E-state index is 11.5. The average molecular weight is 286 g/mol. The molecule has 1 rings (SSSR count). The van der Waals surface area contributed by atoms with E-state index in [2.05, 4.69) is 26.6 Å². The predicted octanol–water partition coefficient (Wildman–Crippen LogP) is 1.97. The minimum Gasteiger partial charge on any atom is -0.397 e. The molecule has 88 valence electrons. The second kappa shape index (κ2) is 5.75. The maximum atomic E-state index is 11.5. The Morgan fingerprint density at radius 3 is 2.88 bits per heavy atom. The van der Waals surface area contributed by atoms with Gasteiger partial charge in [-0.2, -0.15) is 0 Å². The van der Waals surface area contributed by atoms with Crippen molar-refractivity contribution in [3.63, 3.8) is 0 Å². The van der Waals surface area contributed by atoms with Crippen LogP contribution in [0.25, 0.3) is 0 Å². The van der Waals surface area contributed by atoms with Gasteiger partial charge in [-0.15, -0.1) is 0 Å². The summed E-state index contributed by atoms with van der Waals surface area (Å²) in [4.78, 5) is 11.5. The first-order valence-corrected chi connectivity index (χ1v) is 5.93. The molecule has 0 saturated heterocycles. The number of rotatable bonds is 4. The zero-order valence-electron chi connectivity index (χ0n) is 9.38. The molecule has 0 radical (unpaired) electrons. The Balaban J connectivity index is 2.72. The molecule has 4 N–H and O–H groups in total. The Kier molecular flexibility index (Phi) is 4.61. The Morgan fingerprint density at radius 1 is 1.56 bits per heavy atom. The lowest BCUT2D eigenvalue weighted by atomic mass is 10.2. The zero-order valence-corrected chi connectivity index (χ0v) is 11.0. The molecule has 1 unspecified atom stereocenters. The van der Waals surface area contributed by atoms with E-state index >= 15 is 0 Å². The van der Waals surface area contributed by atoms with Crippen LogP contribution in [0.5, 0.6) is 0 Å². The molecule has 1 atom stereocenters. The largest absolute Gasteiger partial charge is 0.397 e. The van der Waals surface area contributed by atoms with Gasteiger partial charge in [0.25, 0.3) is 0 Å². The van der Waals surface area contributed by atoms with Gasteiger partial charge in [-0.3, -0.25) is 4.79 Å². The van der Waals surface area contributed by atoms with E-state index in [4.69, 9.17) is 5.73 Å². The van der Waals surface area contributed by atoms with Crippen molar-refractivity contribution in [3.8, 4) is 0 Å². The summed E-state index contributed by atoms with van der Waals surface area (Å²) in [6.07, 6.45) is 0. The van der Waals surface area contributed by atoms with Crippen LogP contribution in [0.4, 0.5) is 11.4 Å². The summed E-state index contributed by atoms with van der Waals surface area (Å²) >= 11 is 3.36. The summed E-state index contributed by atoms with van der Waals surface area (Å²) in [7, 11) is 0. The summed E-state index contributed by atoms with van der Waals surface area (Å²) in [5.41, 5.74) is 7.18. The van der Waals surface area contributed by atoms with Crippen molar-refractivity contribution in [3.05, 3.63) is 22.7 Å². The van der Waals surface area contributed by atoms with E-state index in [1.54, 1.807) is 13.0 Å². The van der Waals surface area contributed by atoms with Gasteiger partial charge in [0.2, 0.25) is 5.91 Å². The summed E-state index contributed by atoms with van der Waals surface area (Å²) in [5, 5.41) is 5.81. The Hall–Kier alpha value is -1.23. The highest BCUT2D eigenvalue weighted by molar-refractivity contribution is 9.10. The van der Waals surface area contributed by atoms with Gasteiger partial charge in [0, 0.05) is 11.0 Å². The summed E-state index contributed by atoms with van der Waals surface area (Å²) in [6.45, 7) is 4.31. The maximum Gasteiger partial charge on any atom is 0.242 e. The van der Waals surface area contributed by atoms with Crippen molar-refractivity contribution < 1.29 is 4.79 Å². The molecule has 0 aliphatic carbocycles. The van der Waals surface area contributed by atoms with Crippen LogP contribution in [0.15, 0.2) is 22.7 Å². The Bertz CT molecular complexity index is 381. The highest BCUT2D eigenvalue weighted by Crippen LogP contribution is 2.23. The summed E-state index contributed by atoms with van der Waals surface area (Å²) in [5.74, 6) is -0.0399. The molecule has 5 heteroatoms. The number of carbonyl (C=O) groups excluding carboxylic acids is 1. The van der Waals surface area contributed by atoms with Crippen molar-refractivity contribution in [2.24, 2.45) is 0 Å². The van der Waals surface area contributed by atoms with Gasteiger partial charge in [0.15, 0.2) is 0 Å². The van der Waals surface area contributed by atoms with Crippen LogP contribution < -0.4 is 16.4 Å². The number of nitrogen functional groups attached to an aromatic ring is 1. The van der Waals surface area contributed by atoms with Crippen LogP contribution in [0, 0.1) is 0 Å². The van der Waals surface area contributed by atoms with E-state index in [1.165, 1.54) is 0 Å². The number of carbonyl (C=O) groups is 1. The summed E-state index contributed by atoms with van der Waals surface area (Å²) in [6, 6.07) is 5.19. The predicted molar refractivity (Wildman–Crippen MR) is 70.3 cm³/mol. The van der Waals surface area contributed by atoms with Gasteiger partial charge >= 0.3 is 0 Å². The van der Waals surface area contributed by atoms with Crippen molar-refractivity contribution in [2.75, 3.05) is 17.6 Å². The van der Waals surface area contributed by atoms with Crippen LogP contribution in [0.3, 0.4) is 0 Å². The molecular weight excluding hydrogens is 270 g/mol. The number of hydrogen-bond donors (Lipinski definition) is 3. The number of halogens is 1. The second-order valence-corrected chi connectivity index (χ2v) is 4.41. The Morgan fingerprint density at radius 2 is 2.25 bits per heavy atom. The second-order valence-electron chi connectivity index (χ2n) is 3.49. The molecule has 0 fully saturated rings. The van der Waals surface area contributed by atoms with E-state index in [-0.39, 0.29) is 11.9 Å². The van der Waals surface area contributed by atoms with Crippen molar-refractivity contribution >= 4 is 33.2 Å². The molecule has 0 spiro atoms. The fourth-order valence-electron chi connectivity index (χ4n) is 1.28. The standard InChI is InChI=1S/C11H16BrN3O/c1-3-14-11(16)7(2)15-10-6-8(12)4-5-9(10)13/h4-7,15H,3,13H2,1-2H3,(H,14,16). The van der Waals surface area contributed by atoms with Crippen LogP contribution in [-0.4, -0.2) is 18.5 Å². The highest BCUT2D eigenvalue weighted by Gasteiger charge is 2.12. The lowest BCUT2D eigenvalue weighted by Gasteiger charge is -2.16. The van der Waals surface area contributed by atoms with Gasteiger partial charge in [-0.25, -0.2) is 0 Å². The molecule has 0 saturated carbocycles. The molecule has 1 amide bonds. The van der Waals surface area contributed by atoms with Crippen molar-refractivity contribution in [1.82, 2.24) is 5.32 Å². The lowest BCUT2D eigenvalue weighted by Crippen LogP contribution is -2.37. The van der Waals surface area contributed by atoms with Crippen molar-refractivity contribution in [2.45, 2.75) is 19.9 Å². The molecule has 0 heterocycles. The highest BCUT2D eigenvalue weighted by atomic mass is 79.9. The molecule has 0 aliphatic rings. The fraction of sp³-hybridized carbons (Fsp3) is 0.364. The first-order valence-electron chi connectivity index (χ1n) is 5.14. The molecule has 1 aromatic carbocycles. The third-order valence-corrected chi connectivity index (χ3v) is 2.62. The topological polar surface area (TPSA) is 67.2 Å². The first kappa shape index (κ1) is 12.8. The number of anilines is 2. The molecule has 0 bridgehead atoms. The van der Waals surface area contributed by atoms with Crippen LogP contribution in [0.2, 0.25) is 0 Å². The first-order chi connectivity index (χ1) is 7.54. The third-order valence-electron chi connectivity index (χ3n) is 2.13. The van der Waals surface area contributed by atoms with E-state index in [1.807, 2.05) is 19.1 Å². The van der Waals surface area contributed by atoms with Gasteiger partial charge < -0.3 is 16.4 Å². The molecule has 0 aliphatic heterocycles. The van der Waals surface area contributed by atoms with E-state index < -0.39 is 0 Å². The fourth-order valence-corrected chi connectivity index (χ4v) is 1.64. The van der Waals surface area contributed by atoms with E-state index in [9.17, 15) is 4.79 Å². The van der Waals surface area contributed by atoms with Crippen molar-refractivity contribution in [1.29, 1.82) is 0 Å². The quantitative estimate of drug-likeness (QED) is 0.741. The lowest BCUT2D eigenvalue weighted by molar-refractivity contribution is -0.121. The normalized spacial score (nSPS) is 11.9. The number of benzene rings is 1. The van der Waals surface area contributed by atoms with Gasteiger partial charge in [0.1, 0.15) is 6.04 Å². The number of nitrogens with one attached hydrogen (secondary N) is 2. The zero-order chi connectivity index (χ0) is 12.1. The van der Waals surface area contributed by atoms with Crippen LogP contribution >= 0.6 is 15.9 Å². The molecular formula is C11H16BrN3O. The third kappa shape index (κ3) is 3.41. The minimum atomic E-state index is -0.309. The smallest absolute Gasteiger partial charge is 0.242 e.